The zero-order valence-corrected chi connectivity index (χ0v) is 17.9. The van der Waals surface area contributed by atoms with Gasteiger partial charge in [0, 0.05) is 36.0 Å². The van der Waals surface area contributed by atoms with Gasteiger partial charge in [-0.15, -0.1) is 0 Å². The van der Waals surface area contributed by atoms with Crippen LogP contribution in [0.4, 0.5) is 0 Å². The Morgan fingerprint density at radius 3 is 2.77 bits per heavy atom. The molecule has 1 aliphatic heterocycles. The third kappa shape index (κ3) is 4.14. The van der Waals surface area contributed by atoms with Crippen molar-refractivity contribution in [1.29, 1.82) is 5.26 Å². The van der Waals surface area contributed by atoms with Gasteiger partial charge in [0.05, 0.1) is 12.3 Å². The number of aryl methyl sites for hydroxylation is 2. The normalized spacial score (nSPS) is 15.4. The molecule has 3 aromatic heterocycles. The maximum atomic E-state index is 9.31. The monoisotopic (exact) mass is 404 g/mol. The molecular weight excluding hydrogens is 376 g/mol. The Morgan fingerprint density at radius 1 is 1.27 bits per heavy atom. The molecule has 1 aliphatic rings. The van der Waals surface area contributed by atoms with Crippen LogP contribution in [0.5, 0.6) is 5.88 Å². The van der Waals surface area contributed by atoms with Gasteiger partial charge in [0.25, 0.3) is 0 Å². The predicted molar refractivity (Wildman–Crippen MR) is 116 cm³/mol. The Bertz CT molecular complexity index is 1080. The van der Waals surface area contributed by atoms with E-state index in [9.17, 15) is 5.26 Å². The fourth-order valence-corrected chi connectivity index (χ4v) is 4.16. The number of nitriles is 1. The molecule has 156 valence electrons. The molecule has 4 heterocycles. The molecule has 0 bridgehead atoms. The second-order valence-corrected chi connectivity index (χ2v) is 8.03. The molecule has 3 aromatic rings. The number of aromatic nitrogens is 4. The van der Waals surface area contributed by atoms with Crippen molar-refractivity contribution >= 4 is 11.0 Å². The molecule has 0 N–H and O–H groups in total. The summed E-state index contributed by atoms with van der Waals surface area (Å²) >= 11 is 0. The largest absolute Gasteiger partial charge is 0.477 e. The molecule has 0 amide bonds. The molecule has 7 heteroatoms. The van der Waals surface area contributed by atoms with Crippen molar-refractivity contribution in [3.05, 3.63) is 35.9 Å². The molecule has 0 atom stereocenters. The van der Waals surface area contributed by atoms with Gasteiger partial charge in [-0.05, 0) is 63.9 Å². The lowest BCUT2D eigenvalue weighted by Crippen LogP contribution is -2.33. The zero-order chi connectivity index (χ0) is 21.1. The van der Waals surface area contributed by atoms with Crippen molar-refractivity contribution in [2.75, 3.05) is 26.2 Å². The third-order valence-corrected chi connectivity index (χ3v) is 6.05. The van der Waals surface area contributed by atoms with Gasteiger partial charge in [-0.3, -0.25) is 0 Å². The summed E-state index contributed by atoms with van der Waals surface area (Å²) in [5.74, 6) is 1.57. The van der Waals surface area contributed by atoms with Crippen molar-refractivity contribution < 1.29 is 4.74 Å². The van der Waals surface area contributed by atoms with E-state index in [4.69, 9.17) is 4.74 Å². The fourth-order valence-electron chi connectivity index (χ4n) is 4.16. The highest BCUT2D eigenvalue weighted by atomic mass is 16.5. The first-order chi connectivity index (χ1) is 14.6. The Hall–Kier alpha value is -2.98. The zero-order valence-electron chi connectivity index (χ0n) is 17.9. The first-order valence-electron chi connectivity index (χ1n) is 10.6. The van der Waals surface area contributed by atoms with Gasteiger partial charge in [-0.1, -0.05) is 6.92 Å². The maximum Gasteiger partial charge on any atom is 0.234 e. The van der Waals surface area contributed by atoms with Gasteiger partial charge in [0.2, 0.25) is 11.7 Å². The van der Waals surface area contributed by atoms with E-state index in [1.807, 2.05) is 36.9 Å². The molecule has 0 aromatic carbocycles. The first kappa shape index (κ1) is 20.3. The number of nitrogens with zero attached hydrogens (tertiary/aromatic N) is 6. The molecule has 0 saturated carbocycles. The second-order valence-electron chi connectivity index (χ2n) is 8.03. The van der Waals surface area contributed by atoms with Crippen molar-refractivity contribution in [1.82, 2.24) is 24.4 Å². The maximum absolute atomic E-state index is 9.31. The predicted octanol–water partition coefficient (Wildman–Crippen LogP) is 3.71. The van der Waals surface area contributed by atoms with Gasteiger partial charge in [0.15, 0.2) is 0 Å². The van der Waals surface area contributed by atoms with E-state index in [0.29, 0.717) is 12.5 Å². The summed E-state index contributed by atoms with van der Waals surface area (Å²) in [7, 11) is 1.91. The standard InChI is InChI=1S/C23H28N6O/c1-4-29-10-5-17(6-11-29)8-12-30-23-16(2)13-18(15-25-23)21-19-7-9-28(3)22(19)27-20(14-24)26-21/h7,9,13,15,17H,4-6,8,10-12H2,1-3H3. The van der Waals surface area contributed by atoms with E-state index in [-0.39, 0.29) is 5.82 Å². The fraction of sp³-hybridized carbons (Fsp3) is 0.478. The number of likely N-dealkylation sites (tertiary alicyclic amines) is 1. The summed E-state index contributed by atoms with van der Waals surface area (Å²) in [5, 5.41) is 10.2. The van der Waals surface area contributed by atoms with Crippen molar-refractivity contribution in [2.45, 2.75) is 33.1 Å². The molecule has 4 rings (SSSR count). The Morgan fingerprint density at radius 2 is 2.07 bits per heavy atom. The number of fused-ring (bicyclic) bond motifs is 1. The lowest BCUT2D eigenvalue weighted by atomic mass is 9.94. The van der Waals surface area contributed by atoms with Gasteiger partial charge in [-0.25, -0.2) is 15.0 Å². The molecule has 0 spiro atoms. The highest BCUT2D eigenvalue weighted by Crippen LogP contribution is 2.29. The van der Waals surface area contributed by atoms with E-state index < -0.39 is 0 Å². The van der Waals surface area contributed by atoms with E-state index in [2.05, 4.69) is 32.8 Å². The first-order valence-corrected chi connectivity index (χ1v) is 10.6. The van der Waals surface area contributed by atoms with Crippen LogP contribution in [0.15, 0.2) is 24.5 Å². The summed E-state index contributed by atoms with van der Waals surface area (Å²) in [6.07, 6.45) is 7.28. The number of hydrogen-bond donors (Lipinski definition) is 0. The number of piperidine rings is 1. The van der Waals surface area contributed by atoms with Gasteiger partial charge >= 0.3 is 0 Å². The van der Waals surface area contributed by atoms with Crippen LogP contribution in [0.2, 0.25) is 0 Å². The Kier molecular flexibility index (Phi) is 5.96. The van der Waals surface area contributed by atoms with E-state index in [1.54, 1.807) is 6.20 Å². The van der Waals surface area contributed by atoms with Crippen molar-refractivity contribution in [3.63, 3.8) is 0 Å². The summed E-state index contributed by atoms with van der Waals surface area (Å²) in [6, 6.07) is 6.05. The number of hydrogen-bond acceptors (Lipinski definition) is 6. The summed E-state index contributed by atoms with van der Waals surface area (Å²) in [6.45, 7) is 8.47. The quantitative estimate of drug-likeness (QED) is 0.623. The van der Waals surface area contributed by atoms with Gasteiger partial charge in [-0.2, -0.15) is 5.26 Å². The molecule has 0 aliphatic carbocycles. The van der Waals surface area contributed by atoms with Gasteiger partial charge in [0.1, 0.15) is 11.7 Å². The summed E-state index contributed by atoms with van der Waals surface area (Å²) in [5.41, 5.74) is 3.29. The smallest absolute Gasteiger partial charge is 0.234 e. The molecular formula is C23H28N6O. The van der Waals surface area contributed by atoms with Gasteiger partial charge < -0.3 is 14.2 Å². The summed E-state index contributed by atoms with van der Waals surface area (Å²) < 4.78 is 7.90. The van der Waals surface area contributed by atoms with Crippen molar-refractivity contribution in [3.8, 4) is 23.2 Å². The molecule has 1 saturated heterocycles. The lowest BCUT2D eigenvalue weighted by Gasteiger charge is -2.30. The van der Waals surface area contributed by atoms with E-state index in [0.717, 1.165) is 46.7 Å². The SMILES string of the molecule is CCN1CCC(CCOc2ncc(-c3nc(C#N)nc4c3ccn4C)cc2C)CC1. The van der Waals surface area contributed by atoms with Crippen LogP contribution < -0.4 is 4.74 Å². The molecule has 30 heavy (non-hydrogen) atoms. The topological polar surface area (TPSA) is 79.9 Å². The van der Waals surface area contributed by atoms with Crippen LogP contribution >= 0.6 is 0 Å². The van der Waals surface area contributed by atoms with Crippen LogP contribution in [-0.2, 0) is 7.05 Å². The van der Waals surface area contributed by atoms with Crippen LogP contribution in [0, 0.1) is 24.2 Å². The second kappa shape index (κ2) is 8.80. The molecule has 0 unspecified atom stereocenters. The highest BCUT2D eigenvalue weighted by Gasteiger charge is 2.18. The molecule has 1 fully saturated rings. The Balaban J connectivity index is 1.46. The Labute approximate surface area is 177 Å². The lowest BCUT2D eigenvalue weighted by molar-refractivity contribution is 0.167. The average Bonchev–Trinajstić information content (AvgIpc) is 3.15. The van der Waals surface area contributed by atoms with Crippen LogP contribution in [-0.4, -0.2) is 50.7 Å². The minimum atomic E-state index is 0.159. The molecule has 0 radical (unpaired) electrons. The van der Waals surface area contributed by atoms with Crippen molar-refractivity contribution in [2.24, 2.45) is 13.0 Å². The van der Waals surface area contributed by atoms with E-state index >= 15 is 0 Å². The van der Waals surface area contributed by atoms with Crippen LogP contribution in [0.25, 0.3) is 22.3 Å². The minimum Gasteiger partial charge on any atom is -0.477 e. The van der Waals surface area contributed by atoms with E-state index in [1.165, 1.54) is 25.9 Å². The van der Waals surface area contributed by atoms with Crippen LogP contribution in [0.1, 0.15) is 37.6 Å². The number of rotatable bonds is 6. The summed E-state index contributed by atoms with van der Waals surface area (Å²) in [4.78, 5) is 15.8. The number of pyridine rings is 1. The third-order valence-electron chi connectivity index (χ3n) is 6.05. The average molecular weight is 405 g/mol. The minimum absolute atomic E-state index is 0.159. The molecule has 7 nitrogen and oxygen atoms in total. The highest BCUT2D eigenvalue weighted by molar-refractivity contribution is 5.91. The number of ether oxygens (including phenoxy) is 1. The van der Waals surface area contributed by atoms with Crippen LogP contribution in [0.3, 0.4) is 0 Å².